The summed E-state index contributed by atoms with van der Waals surface area (Å²) < 4.78 is 3.53. The number of amides is 2. The second-order valence-corrected chi connectivity index (χ2v) is 8.47. The standard InChI is InChI=1S/C15H12Cl3N3O3S/c1-7-12(22)21(2)10-5-8(3-4-11(10)24-7)9-6-25-14(19-9)20-13(23)15(16,17)18/h3-7H,1-2H3,(H,19,20,23)/t7-/m0/s1. The number of nitrogens with one attached hydrogen (secondary N) is 1. The average molecular weight is 421 g/mol. The first-order chi connectivity index (χ1) is 11.7. The van der Waals surface area contributed by atoms with Crippen molar-refractivity contribution in [1.82, 2.24) is 4.98 Å². The van der Waals surface area contributed by atoms with Crippen molar-refractivity contribution in [2.45, 2.75) is 16.8 Å². The van der Waals surface area contributed by atoms with E-state index in [2.05, 4.69) is 10.3 Å². The van der Waals surface area contributed by atoms with Crippen LogP contribution in [0.25, 0.3) is 11.3 Å². The van der Waals surface area contributed by atoms with Crippen molar-refractivity contribution < 1.29 is 14.3 Å². The van der Waals surface area contributed by atoms with E-state index in [0.29, 0.717) is 22.3 Å². The summed E-state index contributed by atoms with van der Waals surface area (Å²) in [4.78, 5) is 29.6. The predicted molar refractivity (Wildman–Crippen MR) is 100.0 cm³/mol. The molecule has 132 valence electrons. The van der Waals surface area contributed by atoms with Crippen LogP contribution in [0.3, 0.4) is 0 Å². The summed E-state index contributed by atoms with van der Waals surface area (Å²) in [6.45, 7) is 1.70. The Balaban J connectivity index is 1.87. The van der Waals surface area contributed by atoms with E-state index in [1.54, 1.807) is 36.4 Å². The maximum atomic E-state index is 12.1. The number of alkyl halides is 3. The number of carbonyl (C=O) groups excluding carboxylic acids is 2. The van der Waals surface area contributed by atoms with Crippen molar-refractivity contribution in [3.8, 4) is 17.0 Å². The van der Waals surface area contributed by atoms with Crippen LogP contribution in [0.5, 0.6) is 5.75 Å². The molecule has 2 amide bonds. The monoisotopic (exact) mass is 419 g/mol. The van der Waals surface area contributed by atoms with Crippen LogP contribution in [-0.2, 0) is 9.59 Å². The minimum atomic E-state index is -2.06. The van der Waals surface area contributed by atoms with Gasteiger partial charge in [-0.2, -0.15) is 0 Å². The first-order valence-corrected chi connectivity index (χ1v) is 9.10. The maximum absolute atomic E-state index is 12.1. The Kier molecular flexibility index (Phi) is 4.85. The van der Waals surface area contributed by atoms with Crippen molar-refractivity contribution >= 4 is 68.8 Å². The molecule has 1 aromatic carbocycles. The molecule has 6 nitrogen and oxygen atoms in total. The molecule has 1 atom stereocenters. The van der Waals surface area contributed by atoms with Gasteiger partial charge in [-0.3, -0.25) is 14.9 Å². The van der Waals surface area contributed by atoms with Crippen LogP contribution in [0.2, 0.25) is 0 Å². The zero-order valence-electron chi connectivity index (χ0n) is 13.0. The molecule has 0 radical (unpaired) electrons. The van der Waals surface area contributed by atoms with Crippen molar-refractivity contribution in [3.05, 3.63) is 23.6 Å². The number of hydrogen-bond acceptors (Lipinski definition) is 5. The van der Waals surface area contributed by atoms with E-state index >= 15 is 0 Å². The fraction of sp³-hybridized carbons (Fsp3) is 0.267. The highest BCUT2D eigenvalue weighted by molar-refractivity contribution is 7.14. The number of ether oxygens (including phenoxy) is 1. The third-order valence-corrected chi connectivity index (χ3v) is 4.85. The van der Waals surface area contributed by atoms with E-state index in [-0.39, 0.29) is 5.91 Å². The number of halogens is 3. The molecular weight excluding hydrogens is 409 g/mol. The average Bonchev–Trinajstić information content (AvgIpc) is 3.00. The number of fused-ring (bicyclic) bond motifs is 1. The summed E-state index contributed by atoms with van der Waals surface area (Å²) in [5, 5.41) is 4.50. The van der Waals surface area contributed by atoms with E-state index in [0.717, 1.165) is 5.56 Å². The molecule has 0 unspecified atom stereocenters. The molecule has 0 aliphatic carbocycles. The Morgan fingerprint density at radius 3 is 2.80 bits per heavy atom. The van der Waals surface area contributed by atoms with Gasteiger partial charge >= 0.3 is 0 Å². The fourth-order valence-corrected chi connectivity index (χ4v) is 3.16. The Morgan fingerprint density at radius 1 is 1.40 bits per heavy atom. The molecular formula is C15H12Cl3N3O3S. The van der Waals surface area contributed by atoms with Crippen LogP contribution in [-0.4, -0.2) is 33.7 Å². The van der Waals surface area contributed by atoms with E-state index in [4.69, 9.17) is 39.5 Å². The quantitative estimate of drug-likeness (QED) is 0.749. The first-order valence-electron chi connectivity index (χ1n) is 7.09. The van der Waals surface area contributed by atoms with Gasteiger partial charge in [0.15, 0.2) is 11.2 Å². The lowest BCUT2D eigenvalue weighted by atomic mass is 10.1. The largest absolute Gasteiger partial charge is 0.479 e. The summed E-state index contributed by atoms with van der Waals surface area (Å²) in [6.07, 6.45) is -0.522. The Morgan fingerprint density at radius 2 is 2.12 bits per heavy atom. The van der Waals surface area contributed by atoms with Gasteiger partial charge in [0.25, 0.3) is 15.6 Å². The predicted octanol–water partition coefficient (Wildman–Crippen LogP) is 3.86. The molecule has 10 heteroatoms. The summed E-state index contributed by atoms with van der Waals surface area (Å²) in [5.74, 6) is -0.284. The Labute approximate surface area is 162 Å². The Hall–Kier alpha value is -1.54. The molecule has 1 aliphatic heterocycles. The summed E-state index contributed by atoms with van der Waals surface area (Å²) in [5.41, 5.74) is 2.04. The minimum Gasteiger partial charge on any atom is -0.479 e. The van der Waals surface area contributed by atoms with E-state index < -0.39 is 15.8 Å². The number of likely N-dealkylation sites (N-methyl/N-ethyl adjacent to an activating group) is 1. The molecule has 1 aromatic heterocycles. The summed E-state index contributed by atoms with van der Waals surface area (Å²) in [7, 11) is 1.69. The SMILES string of the molecule is C[C@@H]1Oc2ccc(-c3csc(NC(=O)C(Cl)(Cl)Cl)n3)cc2N(C)C1=O. The van der Waals surface area contributed by atoms with Crippen molar-refractivity contribution in [1.29, 1.82) is 0 Å². The minimum absolute atomic E-state index is 0.126. The maximum Gasteiger partial charge on any atom is 0.278 e. The number of benzene rings is 1. The van der Waals surface area contributed by atoms with Crippen LogP contribution in [0.1, 0.15) is 6.92 Å². The number of nitrogens with zero attached hydrogens (tertiary/aromatic N) is 2. The lowest BCUT2D eigenvalue weighted by Gasteiger charge is -2.30. The molecule has 0 saturated heterocycles. The molecule has 3 rings (SSSR count). The Bertz CT molecular complexity index is 850. The molecule has 1 aliphatic rings. The topological polar surface area (TPSA) is 71.5 Å². The van der Waals surface area contributed by atoms with Gasteiger partial charge < -0.3 is 9.64 Å². The van der Waals surface area contributed by atoms with Gasteiger partial charge in [0.05, 0.1) is 11.4 Å². The summed E-state index contributed by atoms with van der Waals surface area (Å²) >= 11 is 17.8. The van der Waals surface area contributed by atoms with Crippen molar-refractivity contribution in [2.24, 2.45) is 0 Å². The molecule has 2 heterocycles. The highest BCUT2D eigenvalue weighted by atomic mass is 35.6. The number of carbonyl (C=O) groups is 2. The highest BCUT2D eigenvalue weighted by Crippen LogP contribution is 2.37. The van der Waals surface area contributed by atoms with Gasteiger partial charge in [-0.05, 0) is 25.1 Å². The first kappa shape index (κ1) is 18.3. The number of hydrogen-bond donors (Lipinski definition) is 1. The smallest absolute Gasteiger partial charge is 0.278 e. The van der Waals surface area contributed by atoms with E-state index in [1.165, 1.54) is 11.3 Å². The molecule has 0 bridgehead atoms. The second-order valence-electron chi connectivity index (χ2n) is 5.33. The molecule has 2 aromatic rings. The second kappa shape index (κ2) is 6.64. The molecule has 0 spiro atoms. The third-order valence-electron chi connectivity index (χ3n) is 3.58. The number of rotatable bonds is 2. The summed E-state index contributed by atoms with van der Waals surface area (Å²) in [6, 6.07) is 5.41. The lowest BCUT2D eigenvalue weighted by Crippen LogP contribution is -2.41. The molecule has 0 fully saturated rings. The van der Waals surface area contributed by atoms with Crippen LogP contribution in [0, 0.1) is 0 Å². The number of aromatic nitrogens is 1. The van der Waals surface area contributed by atoms with Gasteiger partial charge in [-0.1, -0.05) is 34.8 Å². The zero-order chi connectivity index (χ0) is 18.4. The van der Waals surface area contributed by atoms with Crippen LogP contribution in [0.4, 0.5) is 10.8 Å². The lowest BCUT2D eigenvalue weighted by molar-refractivity contribution is -0.125. The van der Waals surface area contributed by atoms with Crippen LogP contribution < -0.4 is 15.0 Å². The van der Waals surface area contributed by atoms with E-state index in [1.807, 2.05) is 6.07 Å². The normalized spacial score (nSPS) is 17.1. The number of anilines is 2. The number of thiazole rings is 1. The fourth-order valence-electron chi connectivity index (χ4n) is 2.30. The van der Waals surface area contributed by atoms with Gasteiger partial charge in [0.1, 0.15) is 5.75 Å². The van der Waals surface area contributed by atoms with Gasteiger partial charge in [0.2, 0.25) is 0 Å². The van der Waals surface area contributed by atoms with Gasteiger partial charge in [-0.15, -0.1) is 11.3 Å². The van der Waals surface area contributed by atoms with Crippen molar-refractivity contribution in [3.63, 3.8) is 0 Å². The van der Waals surface area contributed by atoms with Gasteiger partial charge in [0, 0.05) is 18.0 Å². The molecule has 25 heavy (non-hydrogen) atoms. The zero-order valence-corrected chi connectivity index (χ0v) is 16.1. The highest BCUT2D eigenvalue weighted by Gasteiger charge is 2.32. The van der Waals surface area contributed by atoms with E-state index in [9.17, 15) is 9.59 Å². The third kappa shape index (κ3) is 3.69. The van der Waals surface area contributed by atoms with Crippen LogP contribution in [0.15, 0.2) is 23.6 Å². The van der Waals surface area contributed by atoms with Crippen LogP contribution >= 0.6 is 46.1 Å². The van der Waals surface area contributed by atoms with Crippen molar-refractivity contribution in [2.75, 3.05) is 17.3 Å². The molecule has 0 saturated carbocycles. The van der Waals surface area contributed by atoms with Gasteiger partial charge in [-0.25, -0.2) is 4.98 Å². The molecule has 1 N–H and O–H groups in total.